The van der Waals surface area contributed by atoms with Gasteiger partial charge in [-0.1, -0.05) is 26.0 Å². The fraction of sp³-hybridized carbons (Fsp3) is 0.759. The average molecular weight is 1460 g/mol. The molecule has 0 fully saturated rings. The van der Waals surface area contributed by atoms with E-state index >= 15 is 0 Å². The summed E-state index contributed by atoms with van der Waals surface area (Å²) in [6.07, 6.45) is -28.4. The molecule has 0 N–H and O–H groups in total. The highest BCUT2D eigenvalue weighted by molar-refractivity contribution is 7.25. The van der Waals surface area contributed by atoms with E-state index in [2.05, 4.69) is 8.75 Å². The predicted molar refractivity (Wildman–Crippen MR) is 301 cm³/mol. The van der Waals surface area contributed by atoms with Crippen LogP contribution in [0.2, 0.25) is 0 Å². The largest absolute Gasteiger partial charge is 0.488 e. The van der Waals surface area contributed by atoms with Crippen LogP contribution in [0.3, 0.4) is 0 Å². The van der Waals surface area contributed by atoms with Crippen molar-refractivity contribution >= 4 is 45.4 Å². The van der Waals surface area contributed by atoms with Gasteiger partial charge in [0.2, 0.25) is 0 Å². The molecule has 0 saturated heterocycles. The second-order valence-corrected chi connectivity index (χ2v) is 27.2. The second kappa shape index (κ2) is 30.1. The van der Waals surface area contributed by atoms with Crippen LogP contribution in [0.4, 0.5) is 101 Å². The van der Waals surface area contributed by atoms with Gasteiger partial charge in [-0.3, -0.25) is 0 Å². The summed E-state index contributed by atoms with van der Waals surface area (Å²) in [5.74, 6) is -44.0. The lowest BCUT2D eigenvalue weighted by molar-refractivity contribution is -0.304. The van der Waals surface area contributed by atoms with Crippen molar-refractivity contribution in [3.8, 4) is 43.2 Å². The van der Waals surface area contributed by atoms with Crippen LogP contribution in [-0.4, -0.2) is 153 Å². The summed E-state index contributed by atoms with van der Waals surface area (Å²) in [7, 11) is 0. The predicted octanol–water partition coefficient (Wildman–Crippen LogP) is 19.8. The van der Waals surface area contributed by atoms with Crippen LogP contribution < -0.4 is 18.9 Å². The van der Waals surface area contributed by atoms with Crippen molar-refractivity contribution in [1.82, 2.24) is 8.75 Å². The maximum atomic E-state index is 14.9. The smallest absolute Gasteiger partial charge is 0.453 e. The summed E-state index contributed by atoms with van der Waals surface area (Å²) in [5.41, 5.74) is -1.35. The van der Waals surface area contributed by atoms with Crippen LogP contribution >= 0.6 is 34.4 Å². The Labute approximate surface area is 537 Å². The first-order valence-electron chi connectivity index (χ1n) is 29.3. The van der Waals surface area contributed by atoms with Gasteiger partial charge in [-0.15, -0.1) is 22.7 Å². The molecule has 2 aliphatic rings. The molecule has 0 saturated carbocycles. The number of hydrogen-bond acceptors (Lipinski definition) is 13. The van der Waals surface area contributed by atoms with E-state index in [1.807, 2.05) is 0 Å². The summed E-state index contributed by atoms with van der Waals surface area (Å²) in [6.45, 7) is -2.43. The summed E-state index contributed by atoms with van der Waals surface area (Å²) in [4.78, 5) is 1.06. The number of nitrogens with zero attached hydrogens (tertiary/aromatic N) is 2. The minimum atomic E-state index is -6.51. The van der Waals surface area contributed by atoms with Gasteiger partial charge in [-0.05, 0) is 39.2 Å². The van der Waals surface area contributed by atoms with Crippen LogP contribution in [0, 0.1) is 24.7 Å². The van der Waals surface area contributed by atoms with E-state index in [4.69, 9.17) is 37.9 Å². The molecule has 94 heavy (non-hydrogen) atoms. The summed E-state index contributed by atoms with van der Waals surface area (Å²) >= 11 is 2.93. The number of hydrogen-bond donors (Lipinski definition) is 0. The topological polar surface area (TPSA) is 99.6 Å². The zero-order chi connectivity index (χ0) is 70.4. The normalized spacial score (nSPS) is 17.5. The van der Waals surface area contributed by atoms with Crippen LogP contribution in [0.1, 0.15) is 121 Å². The Morgan fingerprint density at radius 1 is 0.426 bits per heavy atom. The molecular weight excluding hydrogens is 1390 g/mol. The van der Waals surface area contributed by atoms with Crippen LogP contribution in [0.25, 0.3) is 31.2 Å². The molecule has 0 spiro atoms. The van der Waals surface area contributed by atoms with E-state index in [9.17, 15) is 101 Å². The number of aryl methyl sites for hydroxylation is 2. The molecule has 10 nitrogen and oxygen atoms in total. The molecule has 0 aliphatic carbocycles. The van der Waals surface area contributed by atoms with Crippen LogP contribution in [-0.2, 0) is 18.9 Å². The molecule has 1 aromatic carbocycles. The molecule has 538 valence electrons. The summed E-state index contributed by atoms with van der Waals surface area (Å²) in [5, 5.41) is 0. The molecule has 2 aliphatic heterocycles. The van der Waals surface area contributed by atoms with E-state index in [0.717, 1.165) is 48.2 Å². The quantitative estimate of drug-likeness (QED) is 0.0319. The van der Waals surface area contributed by atoms with Gasteiger partial charge < -0.3 is 37.9 Å². The summed E-state index contributed by atoms with van der Waals surface area (Å²) in [6, 6.07) is 3.41. The van der Waals surface area contributed by atoms with Crippen LogP contribution in [0.5, 0.6) is 23.0 Å². The number of aromatic nitrogens is 2. The highest BCUT2D eigenvalue weighted by Crippen LogP contribution is 2.61. The number of rotatable bonds is 38. The molecule has 4 aromatic rings. The Kier molecular flexibility index (Phi) is 25.3. The molecule has 0 bridgehead atoms. The van der Waals surface area contributed by atoms with E-state index in [1.54, 1.807) is 19.1 Å². The average Bonchev–Trinajstić information content (AvgIpc) is 1.58. The zero-order valence-electron chi connectivity index (χ0n) is 51.1. The SMILES string of the molecule is CCC(F)(F)CC(F)(F)CCCOCC1(COCCCC(F)(F)CC(F)(F)CC)COc2c(-c3sc(C)c4c3OCC(COCCC(F)(F)CC(F)(F)CC(C)(F)F)(COCCC(F)(F)CC(F)(F)CC(F)(F)C(F)(F)F)CO4)sc(-c3ccc(C)c4nsnc34)c2OC1. The fourth-order valence-electron chi connectivity index (χ4n) is 10.1. The lowest BCUT2D eigenvalue weighted by Gasteiger charge is -2.32. The van der Waals surface area contributed by atoms with E-state index in [-0.39, 0.29) is 39.7 Å². The first kappa shape index (κ1) is 78.9. The first-order chi connectivity index (χ1) is 43.1. The Balaban J connectivity index is 1.32. The van der Waals surface area contributed by atoms with Crippen LogP contribution in [0.15, 0.2) is 12.1 Å². The third-order valence-electron chi connectivity index (χ3n) is 15.1. The van der Waals surface area contributed by atoms with Crippen molar-refractivity contribution in [2.45, 2.75) is 190 Å². The van der Waals surface area contributed by atoms with Gasteiger partial charge in [-0.2, -0.15) is 30.7 Å². The van der Waals surface area contributed by atoms with E-state index in [1.165, 1.54) is 6.92 Å². The van der Waals surface area contributed by atoms with Crippen molar-refractivity contribution in [3.05, 3.63) is 22.6 Å². The molecule has 36 heteroatoms. The lowest BCUT2D eigenvalue weighted by Crippen LogP contribution is -2.44. The van der Waals surface area contributed by atoms with Crippen molar-refractivity contribution in [2.24, 2.45) is 10.8 Å². The molecule has 1 unspecified atom stereocenters. The number of thiophene rings is 2. The van der Waals surface area contributed by atoms with Gasteiger partial charge >= 0.3 is 12.1 Å². The zero-order valence-corrected chi connectivity index (χ0v) is 53.6. The van der Waals surface area contributed by atoms with Crippen molar-refractivity contribution in [3.63, 3.8) is 0 Å². The molecule has 0 amide bonds. The van der Waals surface area contributed by atoms with Gasteiger partial charge in [0.1, 0.15) is 37.5 Å². The number of alkyl halides is 23. The van der Waals surface area contributed by atoms with Gasteiger partial charge in [0.05, 0.1) is 115 Å². The number of halogens is 23. The highest BCUT2D eigenvalue weighted by Gasteiger charge is 2.63. The molecular formula is C58H69F23N2O8S3. The Hall–Kier alpha value is -4.13. The third kappa shape index (κ3) is 22.4. The van der Waals surface area contributed by atoms with Crippen molar-refractivity contribution in [2.75, 3.05) is 79.3 Å². The maximum Gasteiger partial charge on any atom is 0.453 e. The van der Waals surface area contributed by atoms with Gasteiger partial charge in [0.25, 0.3) is 53.3 Å². The summed E-state index contributed by atoms with van der Waals surface area (Å²) < 4.78 is 381. The Morgan fingerprint density at radius 3 is 1.23 bits per heavy atom. The van der Waals surface area contributed by atoms with E-state index < -0.39 is 245 Å². The molecule has 1 atom stereocenters. The van der Waals surface area contributed by atoms with Gasteiger partial charge in [0.15, 0.2) is 23.0 Å². The lowest BCUT2D eigenvalue weighted by atomic mass is 9.92. The van der Waals surface area contributed by atoms with Gasteiger partial charge in [0, 0.05) is 62.2 Å². The first-order valence-corrected chi connectivity index (χ1v) is 31.6. The number of ether oxygens (including phenoxy) is 8. The second-order valence-electron chi connectivity index (χ2n) is 24.4. The fourth-order valence-corrected chi connectivity index (χ4v) is 13.1. The molecule has 0 radical (unpaired) electrons. The monoisotopic (exact) mass is 1450 g/mol. The minimum absolute atomic E-state index is 0.0237. The number of fused-ring (bicyclic) bond motifs is 3. The molecule has 3 aromatic heterocycles. The Morgan fingerprint density at radius 2 is 0.798 bits per heavy atom. The standard InChI is InChI=1S/C58H69F23N2O8S3/c1-6-49(61,62)21-51(65,66)12-8-16-84-26-47(27-85-17-9-13-52(67,68)22-50(63,64)7-2)32-90-41-42(91-33-47)45(93-43(41)36-11-10-34(3)37-38(36)83-94-82-37)44-40-39(35(4)92-44)88-30-48(31-89-40,28-86-18-14-53(69,70)23-55(73,74)20-46(5,59)60)29-87-19-15-54(71,72)24-56(75,76)25-57(77,78)58(79,80)81/h10-11H,6-9,12-33H2,1-5H3. The van der Waals surface area contributed by atoms with Crippen molar-refractivity contribution in [1.29, 1.82) is 0 Å². The minimum Gasteiger partial charge on any atom is -0.488 e. The van der Waals surface area contributed by atoms with Gasteiger partial charge in [-0.25, -0.2) is 79.0 Å². The number of benzene rings is 1. The maximum absolute atomic E-state index is 14.9. The Bertz CT molecular complexity index is 3060. The van der Waals surface area contributed by atoms with E-state index in [0.29, 0.717) is 31.9 Å². The molecule has 6 rings (SSSR count). The third-order valence-corrected chi connectivity index (χ3v) is 18.0. The highest BCUT2D eigenvalue weighted by atomic mass is 32.1. The van der Waals surface area contributed by atoms with Crippen molar-refractivity contribution < 1.29 is 139 Å². The molecule has 5 heterocycles.